The third-order valence-corrected chi connectivity index (χ3v) is 2.27. The SMILES string of the molecule is O=[P](OOc1ccccc1)OOc1ccccc1. The van der Waals surface area contributed by atoms with Crippen molar-refractivity contribution in [1.29, 1.82) is 0 Å². The predicted octanol–water partition coefficient (Wildman–Crippen LogP) is 3.67. The van der Waals surface area contributed by atoms with Crippen LogP contribution < -0.4 is 9.78 Å². The molecule has 0 fully saturated rings. The molecule has 1 radical (unpaired) electrons. The molecule has 2 aromatic rings. The molecule has 0 spiro atoms. The van der Waals surface area contributed by atoms with Crippen molar-refractivity contribution < 1.29 is 23.7 Å². The van der Waals surface area contributed by atoms with Gasteiger partial charge in [-0.15, -0.1) is 0 Å². The van der Waals surface area contributed by atoms with Crippen molar-refractivity contribution in [1.82, 2.24) is 0 Å². The highest BCUT2D eigenvalue weighted by molar-refractivity contribution is 7.33. The maximum atomic E-state index is 11.2. The van der Waals surface area contributed by atoms with Gasteiger partial charge in [0.15, 0.2) is 11.5 Å². The van der Waals surface area contributed by atoms with E-state index in [1.54, 1.807) is 48.5 Å². The van der Waals surface area contributed by atoms with Gasteiger partial charge >= 0.3 is 8.25 Å². The van der Waals surface area contributed by atoms with E-state index in [-0.39, 0.29) is 0 Å². The Labute approximate surface area is 105 Å². The van der Waals surface area contributed by atoms with Crippen molar-refractivity contribution in [3.05, 3.63) is 60.7 Å². The van der Waals surface area contributed by atoms with Crippen molar-refractivity contribution >= 4 is 8.25 Å². The maximum Gasteiger partial charge on any atom is 0.446 e. The second-order valence-corrected chi connectivity index (χ2v) is 3.91. The molecular formula is C12H10O5P. The minimum absolute atomic E-state index is 0.421. The van der Waals surface area contributed by atoms with E-state index in [0.29, 0.717) is 11.5 Å². The van der Waals surface area contributed by atoms with E-state index >= 15 is 0 Å². The normalized spacial score (nSPS) is 9.78. The van der Waals surface area contributed by atoms with E-state index in [9.17, 15) is 4.57 Å². The summed E-state index contributed by atoms with van der Waals surface area (Å²) in [5, 5.41) is 0. The molecule has 0 saturated carbocycles. The van der Waals surface area contributed by atoms with Crippen LogP contribution in [0.3, 0.4) is 0 Å². The molecule has 0 aromatic heterocycles. The summed E-state index contributed by atoms with van der Waals surface area (Å²) in [5.74, 6) is 0.841. The molecule has 18 heavy (non-hydrogen) atoms. The quantitative estimate of drug-likeness (QED) is 0.453. The highest BCUT2D eigenvalue weighted by atomic mass is 31.1. The summed E-state index contributed by atoms with van der Waals surface area (Å²) < 4.78 is 20.3. The number of benzene rings is 2. The molecule has 2 rings (SSSR count). The van der Waals surface area contributed by atoms with Gasteiger partial charge in [0.25, 0.3) is 0 Å². The molecule has 0 amide bonds. The van der Waals surface area contributed by atoms with Gasteiger partial charge in [0, 0.05) is 0 Å². The summed E-state index contributed by atoms with van der Waals surface area (Å²) >= 11 is 0. The zero-order valence-corrected chi connectivity index (χ0v) is 10.2. The molecule has 0 N–H and O–H groups in total. The largest absolute Gasteiger partial charge is 0.446 e. The summed E-state index contributed by atoms with van der Waals surface area (Å²) in [7, 11) is -2.52. The van der Waals surface area contributed by atoms with Crippen LogP contribution in [-0.2, 0) is 13.9 Å². The van der Waals surface area contributed by atoms with Crippen LogP contribution in [0.5, 0.6) is 11.5 Å². The van der Waals surface area contributed by atoms with Gasteiger partial charge in [-0.05, 0) is 24.3 Å². The van der Waals surface area contributed by atoms with Gasteiger partial charge in [-0.2, -0.15) is 0 Å². The fraction of sp³-hybridized carbons (Fsp3) is 0. The molecule has 0 saturated heterocycles. The zero-order valence-electron chi connectivity index (χ0n) is 9.26. The summed E-state index contributed by atoms with van der Waals surface area (Å²) in [6.45, 7) is 0. The van der Waals surface area contributed by atoms with Crippen molar-refractivity contribution in [2.24, 2.45) is 0 Å². The highest BCUT2D eigenvalue weighted by Crippen LogP contribution is 2.27. The molecule has 93 valence electrons. The van der Waals surface area contributed by atoms with Crippen LogP contribution in [0.15, 0.2) is 60.7 Å². The van der Waals surface area contributed by atoms with Crippen molar-refractivity contribution in [2.45, 2.75) is 0 Å². The Kier molecular flexibility index (Phi) is 4.67. The first-order valence-electron chi connectivity index (χ1n) is 5.11. The average Bonchev–Trinajstić information content (AvgIpc) is 2.45. The van der Waals surface area contributed by atoms with Crippen LogP contribution in [-0.4, -0.2) is 0 Å². The highest BCUT2D eigenvalue weighted by Gasteiger charge is 2.07. The minimum Gasteiger partial charge on any atom is -0.324 e. The Bertz CT molecular complexity index is 443. The van der Waals surface area contributed by atoms with Gasteiger partial charge in [0.2, 0.25) is 0 Å². The molecule has 6 heteroatoms. The zero-order chi connectivity index (χ0) is 12.6. The second kappa shape index (κ2) is 6.71. The number of hydrogen-bond acceptors (Lipinski definition) is 5. The third kappa shape index (κ3) is 4.14. The Balaban J connectivity index is 1.73. The van der Waals surface area contributed by atoms with Crippen LogP contribution in [0, 0.1) is 0 Å². The standard InChI is InChI=1S/C12H10O5P/c13-18(16-14-11-7-3-1-4-8-11)17-15-12-9-5-2-6-10-12/h1-10H. The Morgan fingerprint density at radius 3 is 1.44 bits per heavy atom. The summed E-state index contributed by atoms with van der Waals surface area (Å²) in [4.78, 5) is 9.54. The van der Waals surface area contributed by atoms with Crippen LogP contribution in [0.2, 0.25) is 0 Å². The Hall–Kier alpha value is -1.94. The van der Waals surface area contributed by atoms with E-state index in [2.05, 4.69) is 9.35 Å². The second-order valence-electron chi connectivity index (χ2n) is 3.17. The lowest BCUT2D eigenvalue weighted by atomic mass is 10.3. The smallest absolute Gasteiger partial charge is 0.324 e. The first kappa shape index (κ1) is 12.5. The van der Waals surface area contributed by atoms with Crippen LogP contribution in [0.1, 0.15) is 0 Å². The summed E-state index contributed by atoms with van der Waals surface area (Å²) in [5.41, 5.74) is 0. The van der Waals surface area contributed by atoms with E-state index in [1.807, 2.05) is 12.1 Å². The lowest BCUT2D eigenvalue weighted by molar-refractivity contribution is -0.161. The van der Waals surface area contributed by atoms with Crippen LogP contribution in [0.25, 0.3) is 0 Å². The van der Waals surface area contributed by atoms with E-state index in [1.165, 1.54) is 0 Å². The topological polar surface area (TPSA) is 54.0 Å². The van der Waals surface area contributed by atoms with Gasteiger partial charge in [-0.1, -0.05) is 45.7 Å². The number of rotatable bonds is 6. The molecule has 0 heterocycles. The first-order chi connectivity index (χ1) is 8.84. The number of hydrogen-bond donors (Lipinski definition) is 0. The molecule has 0 aliphatic heterocycles. The van der Waals surface area contributed by atoms with Gasteiger partial charge in [-0.25, -0.2) is 4.57 Å². The minimum atomic E-state index is -2.52. The van der Waals surface area contributed by atoms with Gasteiger partial charge in [-0.3, -0.25) is 0 Å². The molecule has 0 unspecified atom stereocenters. The molecule has 0 aliphatic carbocycles. The van der Waals surface area contributed by atoms with Gasteiger partial charge in [0.05, 0.1) is 0 Å². The van der Waals surface area contributed by atoms with Crippen LogP contribution >= 0.6 is 8.25 Å². The molecular weight excluding hydrogens is 255 g/mol. The predicted molar refractivity (Wildman–Crippen MR) is 63.9 cm³/mol. The molecule has 5 nitrogen and oxygen atoms in total. The first-order valence-corrected chi connectivity index (χ1v) is 6.21. The molecule has 2 aromatic carbocycles. The lowest BCUT2D eigenvalue weighted by Gasteiger charge is -2.03. The lowest BCUT2D eigenvalue weighted by Crippen LogP contribution is -1.94. The van der Waals surface area contributed by atoms with Crippen LogP contribution in [0.4, 0.5) is 0 Å². The summed E-state index contributed by atoms with van der Waals surface area (Å²) in [6, 6.07) is 17.3. The molecule has 0 atom stereocenters. The monoisotopic (exact) mass is 265 g/mol. The Morgan fingerprint density at radius 1 is 0.667 bits per heavy atom. The average molecular weight is 265 g/mol. The van der Waals surface area contributed by atoms with Gasteiger partial charge < -0.3 is 9.78 Å². The van der Waals surface area contributed by atoms with E-state index in [0.717, 1.165) is 0 Å². The fourth-order valence-electron chi connectivity index (χ4n) is 1.11. The molecule has 0 bridgehead atoms. The van der Waals surface area contributed by atoms with Crippen molar-refractivity contribution in [2.75, 3.05) is 0 Å². The number of para-hydroxylation sites is 2. The van der Waals surface area contributed by atoms with E-state index in [4.69, 9.17) is 9.78 Å². The molecule has 0 aliphatic rings. The Morgan fingerprint density at radius 2 is 1.06 bits per heavy atom. The van der Waals surface area contributed by atoms with Crippen molar-refractivity contribution in [3.63, 3.8) is 0 Å². The third-order valence-electron chi connectivity index (χ3n) is 1.88. The van der Waals surface area contributed by atoms with Gasteiger partial charge in [0.1, 0.15) is 0 Å². The van der Waals surface area contributed by atoms with Crippen molar-refractivity contribution in [3.8, 4) is 11.5 Å². The maximum absolute atomic E-state index is 11.2. The van der Waals surface area contributed by atoms with E-state index < -0.39 is 8.25 Å². The fourth-order valence-corrected chi connectivity index (χ4v) is 1.43. The summed E-state index contributed by atoms with van der Waals surface area (Å²) in [6.07, 6.45) is 0.